The van der Waals surface area contributed by atoms with Gasteiger partial charge in [-0.1, -0.05) is 12.1 Å². The van der Waals surface area contributed by atoms with Crippen LogP contribution in [-0.4, -0.2) is 13.3 Å². The van der Waals surface area contributed by atoms with Crippen molar-refractivity contribution in [3.63, 3.8) is 0 Å². The lowest BCUT2D eigenvalue weighted by Gasteiger charge is -2.09. The standard InChI is InChI=1S/C14H14N2O4S/c1-10-6-7-12(8-11(10)2)15-21(19,20)14-5-3-4-13(9-14)16(17)18/h3-9,15H,1-2H3. The molecule has 1 N–H and O–H groups in total. The van der Waals surface area contributed by atoms with E-state index in [0.717, 1.165) is 17.2 Å². The highest BCUT2D eigenvalue weighted by Gasteiger charge is 2.17. The third kappa shape index (κ3) is 3.38. The summed E-state index contributed by atoms with van der Waals surface area (Å²) in [6, 6.07) is 10.1. The van der Waals surface area contributed by atoms with Gasteiger partial charge in [-0.25, -0.2) is 8.42 Å². The van der Waals surface area contributed by atoms with Gasteiger partial charge in [0.25, 0.3) is 15.7 Å². The van der Waals surface area contributed by atoms with Gasteiger partial charge in [0, 0.05) is 17.8 Å². The van der Waals surface area contributed by atoms with Crippen molar-refractivity contribution in [3.8, 4) is 0 Å². The fourth-order valence-electron chi connectivity index (χ4n) is 1.78. The topological polar surface area (TPSA) is 89.3 Å². The second-order valence-corrected chi connectivity index (χ2v) is 6.34. The molecule has 0 bridgehead atoms. The highest BCUT2D eigenvalue weighted by molar-refractivity contribution is 7.92. The van der Waals surface area contributed by atoms with Crippen molar-refractivity contribution < 1.29 is 13.3 Å². The molecule has 0 aliphatic heterocycles. The summed E-state index contributed by atoms with van der Waals surface area (Å²) in [6.45, 7) is 3.80. The van der Waals surface area contributed by atoms with Crippen molar-refractivity contribution in [3.05, 3.63) is 63.7 Å². The largest absolute Gasteiger partial charge is 0.280 e. The molecule has 0 unspecified atom stereocenters. The molecule has 0 fully saturated rings. The van der Waals surface area contributed by atoms with E-state index in [2.05, 4.69) is 4.72 Å². The Labute approximate surface area is 122 Å². The zero-order valence-corrected chi connectivity index (χ0v) is 12.3. The van der Waals surface area contributed by atoms with Gasteiger partial charge in [-0.15, -0.1) is 0 Å². The zero-order valence-electron chi connectivity index (χ0n) is 11.5. The summed E-state index contributed by atoms with van der Waals surface area (Å²) in [5, 5.41) is 10.7. The second-order valence-electron chi connectivity index (χ2n) is 4.66. The summed E-state index contributed by atoms with van der Waals surface area (Å²) in [5.41, 5.74) is 2.16. The summed E-state index contributed by atoms with van der Waals surface area (Å²) in [5.74, 6) is 0. The van der Waals surface area contributed by atoms with E-state index in [1.807, 2.05) is 13.8 Å². The summed E-state index contributed by atoms with van der Waals surface area (Å²) in [4.78, 5) is 9.94. The number of nitro groups is 1. The smallest absolute Gasteiger partial charge is 0.270 e. The Balaban J connectivity index is 2.36. The monoisotopic (exact) mass is 306 g/mol. The minimum atomic E-state index is -3.85. The van der Waals surface area contributed by atoms with Crippen LogP contribution in [0.5, 0.6) is 0 Å². The molecule has 6 nitrogen and oxygen atoms in total. The lowest BCUT2D eigenvalue weighted by molar-refractivity contribution is -0.385. The fraction of sp³-hybridized carbons (Fsp3) is 0.143. The molecular weight excluding hydrogens is 292 g/mol. The number of anilines is 1. The SMILES string of the molecule is Cc1ccc(NS(=O)(=O)c2cccc([N+](=O)[O-])c2)cc1C. The van der Waals surface area contributed by atoms with Gasteiger partial charge in [0.1, 0.15) is 0 Å². The third-order valence-electron chi connectivity index (χ3n) is 3.10. The molecule has 0 spiro atoms. The van der Waals surface area contributed by atoms with Crippen LogP contribution in [0.3, 0.4) is 0 Å². The van der Waals surface area contributed by atoms with Crippen LogP contribution in [0.2, 0.25) is 0 Å². The van der Waals surface area contributed by atoms with Crippen molar-refractivity contribution in [1.29, 1.82) is 0 Å². The minimum absolute atomic E-state index is 0.144. The normalized spacial score (nSPS) is 11.1. The molecule has 21 heavy (non-hydrogen) atoms. The summed E-state index contributed by atoms with van der Waals surface area (Å²) in [7, 11) is -3.85. The van der Waals surface area contributed by atoms with Gasteiger partial charge in [0.2, 0.25) is 0 Å². The van der Waals surface area contributed by atoms with Gasteiger partial charge in [0.15, 0.2) is 0 Å². The summed E-state index contributed by atoms with van der Waals surface area (Å²) >= 11 is 0. The van der Waals surface area contributed by atoms with E-state index < -0.39 is 14.9 Å². The van der Waals surface area contributed by atoms with Crippen molar-refractivity contribution >= 4 is 21.4 Å². The van der Waals surface area contributed by atoms with Crippen LogP contribution in [0.15, 0.2) is 47.4 Å². The van der Waals surface area contributed by atoms with Gasteiger partial charge >= 0.3 is 0 Å². The second kappa shape index (κ2) is 5.53. The van der Waals surface area contributed by atoms with Crippen molar-refractivity contribution in [2.75, 3.05) is 4.72 Å². The number of nitrogens with zero attached hydrogens (tertiary/aromatic N) is 1. The fourth-order valence-corrected chi connectivity index (χ4v) is 2.87. The molecular formula is C14H14N2O4S. The van der Waals surface area contributed by atoms with Crippen molar-refractivity contribution in [1.82, 2.24) is 0 Å². The number of benzene rings is 2. The predicted octanol–water partition coefficient (Wildman–Crippen LogP) is 3.01. The molecule has 0 heterocycles. The molecule has 2 rings (SSSR count). The highest BCUT2D eigenvalue weighted by atomic mass is 32.2. The van der Waals surface area contributed by atoms with Crippen LogP contribution in [-0.2, 0) is 10.0 Å². The molecule has 0 radical (unpaired) electrons. The van der Waals surface area contributed by atoms with E-state index in [9.17, 15) is 18.5 Å². The zero-order chi connectivity index (χ0) is 15.6. The van der Waals surface area contributed by atoms with Crippen molar-refractivity contribution in [2.45, 2.75) is 18.7 Å². The van der Waals surface area contributed by atoms with Gasteiger partial charge < -0.3 is 0 Å². The Morgan fingerprint density at radius 1 is 1.05 bits per heavy atom. The average molecular weight is 306 g/mol. The van der Waals surface area contributed by atoms with Gasteiger partial charge in [-0.2, -0.15) is 0 Å². The van der Waals surface area contributed by atoms with Crippen LogP contribution >= 0.6 is 0 Å². The maximum Gasteiger partial charge on any atom is 0.270 e. The molecule has 0 saturated heterocycles. The molecule has 110 valence electrons. The van der Waals surface area contributed by atoms with Gasteiger partial charge in [0.05, 0.1) is 9.82 Å². The van der Waals surface area contributed by atoms with Crippen LogP contribution in [0, 0.1) is 24.0 Å². The maximum absolute atomic E-state index is 12.2. The van der Waals surface area contributed by atoms with Crippen LogP contribution in [0.1, 0.15) is 11.1 Å². The Kier molecular flexibility index (Phi) is 3.95. The van der Waals surface area contributed by atoms with E-state index in [-0.39, 0.29) is 10.6 Å². The number of nitro benzene ring substituents is 1. The number of aryl methyl sites for hydroxylation is 2. The number of hydrogen-bond donors (Lipinski definition) is 1. The molecule has 0 aromatic heterocycles. The first-order valence-electron chi connectivity index (χ1n) is 6.14. The lowest BCUT2D eigenvalue weighted by Crippen LogP contribution is -2.13. The first-order valence-corrected chi connectivity index (χ1v) is 7.62. The minimum Gasteiger partial charge on any atom is -0.280 e. The van der Waals surface area contributed by atoms with Crippen LogP contribution in [0.4, 0.5) is 11.4 Å². The van der Waals surface area contributed by atoms with Crippen LogP contribution < -0.4 is 4.72 Å². The highest BCUT2D eigenvalue weighted by Crippen LogP contribution is 2.21. The predicted molar refractivity (Wildman–Crippen MR) is 79.8 cm³/mol. The Bertz CT molecular complexity index is 800. The van der Waals surface area contributed by atoms with E-state index in [4.69, 9.17) is 0 Å². The van der Waals surface area contributed by atoms with Crippen LogP contribution in [0.25, 0.3) is 0 Å². The maximum atomic E-state index is 12.2. The molecule has 0 amide bonds. The molecule has 0 aliphatic carbocycles. The molecule has 0 aliphatic rings. The number of sulfonamides is 1. The first-order chi connectivity index (χ1) is 9.79. The molecule has 2 aromatic carbocycles. The Hall–Kier alpha value is -2.41. The molecule has 2 aromatic rings. The Morgan fingerprint density at radius 3 is 2.38 bits per heavy atom. The van der Waals surface area contributed by atoms with E-state index in [1.54, 1.807) is 18.2 Å². The molecule has 7 heteroatoms. The van der Waals surface area contributed by atoms with E-state index in [0.29, 0.717) is 5.69 Å². The summed E-state index contributed by atoms with van der Waals surface area (Å²) < 4.78 is 26.9. The van der Waals surface area contributed by atoms with Gasteiger partial charge in [-0.05, 0) is 43.2 Å². The number of rotatable bonds is 4. The van der Waals surface area contributed by atoms with Crippen molar-refractivity contribution in [2.24, 2.45) is 0 Å². The van der Waals surface area contributed by atoms with E-state index in [1.165, 1.54) is 18.2 Å². The Morgan fingerprint density at radius 2 is 1.76 bits per heavy atom. The lowest BCUT2D eigenvalue weighted by atomic mass is 10.1. The first kappa shape index (κ1) is 15.0. The quantitative estimate of drug-likeness (QED) is 0.694. The number of hydrogen-bond acceptors (Lipinski definition) is 4. The van der Waals surface area contributed by atoms with Gasteiger partial charge in [-0.3, -0.25) is 14.8 Å². The molecule has 0 atom stereocenters. The number of nitrogens with one attached hydrogen (secondary N) is 1. The third-order valence-corrected chi connectivity index (χ3v) is 4.48. The summed E-state index contributed by atoms with van der Waals surface area (Å²) in [6.07, 6.45) is 0. The number of non-ortho nitro benzene ring substituents is 1. The molecule has 0 saturated carbocycles. The average Bonchev–Trinajstić information content (AvgIpc) is 2.43. The van der Waals surface area contributed by atoms with E-state index >= 15 is 0 Å².